The number of unbranched alkanes of at least 4 members (excludes halogenated alkanes) is 37. The van der Waals surface area contributed by atoms with Crippen LogP contribution >= 0.6 is 15.6 Å². The summed E-state index contributed by atoms with van der Waals surface area (Å²) in [6.45, 7) is 4.69. The predicted molar refractivity (Wildman–Crippen MR) is 400 cm³/mol. The Labute approximate surface area is 596 Å². The Bertz CT molecular complexity index is 2140. The van der Waals surface area contributed by atoms with Crippen molar-refractivity contribution in [2.75, 3.05) is 39.6 Å². The van der Waals surface area contributed by atoms with Gasteiger partial charge in [0.05, 0.1) is 32.8 Å². The molecule has 5 atom stereocenters. The van der Waals surface area contributed by atoms with Gasteiger partial charge in [-0.1, -0.05) is 319 Å². The Hall–Kier alpha value is -3.50. The monoisotopic (exact) mass is 1420 g/mol. The van der Waals surface area contributed by atoms with E-state index in [2.05, 4.69) is 76.3 Å². The molecule has 570 valence electrons. The molecule has 0 bridgehead atoms. The van der Waals surface area contributed by atoms with Crippen LogP contribution in [0.4, 0.5) is 0 Å². The number of phosphoric ester groups is 2. The fraction of sp³-hybridized carbons (Fsp3) is 0.797. The quantitative estimate of drug-likeness (QED) is 0.0169. The first-order valence-corrected chi connectivity index (χ1v) is 42.2. The summed E-state index contributed by atoms with van der Waals surface area (Å²) < 4.78 is 68.4. The van der Waals surface area contributed by atoms with Gasteiger partial charge in [0.25, 0.3) is 0 Å². The molecule has 0 spiro atoms. The first kappa shape index (κ1) is 94.5. The number of esters is 4. The summed E-state index contributed by atoms with van der Waals surface area (Å²) in [7, 11) is -9.96. The van der Waals surface area contributed by atoms with Crippen LogP contribution in [0.1, 0.15) is 349 Å². The minimum atomic E-state index is -4.99. The third-order valence-corrected chi connectivity index (χ3v) is 18.6. The van der Waals surface area contributed by atoms with Crippen LogP contribution in [-0.4, -0.2) is 96.7 Å². The minimum absolute atomic E-state index is 0.0665. The molecular formula is C79H142O17P2. The van der Waals surface area contributed by atoms with Crippen LogP contribution < -0.4 is 0 Å². The number of allylic oxidation sites excluding steroid dienone is 11. The van der Waals surface area contributed by atoms with Gasteiger partial charge >= 0.3 is 39.5 Å². The number of phosphoric acid groups is 2. The van der Waals surface area contributed by atoms with Gasteiger partial charge in [0.15, 0.2) is 12.2 Å². The van der Waals surface area contributed by atoms with Crippen molar-refractivity contribution in [2.45, 2.75) is 367 Å². The van der Waals surface area contributed by atoms with E-state index >= 15 is 0 Å². The fourth-order valence-electron chi connectivity index (χ4n) is 10.8. The largest absolute Gasteiger partial charge is 0.472 e. The summed E-state index contributed by atoms with van der Waals surface area (Å²) in [5.41, 5.74) is 0. The molecule has 0 heterocycles. The van der Waals surface area contributed by atoms with Crippen molar-refractivity contribution < 1.29 is 80.2 Å². The molecule has 17 nitrogen and oxygen atoms in total. The average Bonchev–Trinajstić information content (AvgIpc) is 1.04. The van der Waals surface area contributed by atoms with E-state index in [0.29, 0.717) is 25.7 Å². The van der Waals surface area contributed by atoms with Crippen molar-refractivity contribution in [1.29, 1.82) is 0 Å². The van der Waals surface area contributed by atoms with Gasteiger partial charge in [-0.25, -0.2) is 9.13 Å². The Morgan fingerprint density at radius 3 is 0.898 bits per heavy atom. The topological polar surface area (TPSA) is 237 Å². The van der Waals surface area contributed by atoms with E-state index in [4.69, 9.17) is 37.0 Å². The van der Waals surface area contributed by atoms with Crippen LogP contribution in [0.15, 0.2) is 72.9 Å². The number of ether oxygens (including phenoxy) is 4. The summed E-state index contributed by atoms with van der Waals surface area (Å²) in [5.74, 6) is -2.30. The van der Waals surface area contributed by atoms with Gasteiger partial charge in [-0.05, 0) is 77.0 Å². The zero-order valence-electron chi connectivity index (χ0n) is 62.2. The molecule has 0 radical (unpaired) electrons. The van der Waals surface area contributed by atoms with Crippen molar-refractivity contribution in [3.05, 3.63) is 72.9 Å². The highest BCUT2D eigenvalue weighted by Gasteiger charge is 2.30. The lowest BCUT2D eigenvalue weighted by atomic mass is 10.0. The second kappa shape index (κ2) is 71.9. The summed E-state index contributed by atoms with van der Waals surface area (Å²) in [6.07, 6.45) is 72.0. The van der Waals surface area contributed by atoms with Crippen LogP contribution in [-0.2, 0) is 65.4 Å². The molecule has 0 saturated heterocycles. The third-order valence-electron chi connectivity index (χ3n) is 16.7. The Morgan fingerprint density at radius 1 is 0.306 bits per heavy atom. The summed E-state index contributed by atoms with van der Waals surface area (Å²) in [6, 6.07) is 0. The standard InChI is InChI=1S/C79H142O17P2/c1-5-9-13-17-21-25-29-33-36-40-43-47-51-55-59-63-76(81)89-69-74(95-78(83)65-61-57-53-49-45-39-32-28-24-20-16-12-8-4)71-93-97(85,86)91-67-73(80)68-92-98(87,88)94-72-75(96-79(84)66-62-58-54-50-46-42-38-35-31-27-23-19-15-11-7-3)70-90-77(82)64-60-56-52-48-44-41-37-34-30-26-22-18-14-10-6-2/h10,14,22,26,33-34,36-37,44,48,56,60,73-75,80H,5-9,11-13,15-21,23-25,27-32,35,38-43,45-47,49-55,57-59,61-72H2,1-4H3,(H,85,86)(H,87,88)/b14-10-,26-22-,36-33-,37-34-,48-44-,60-56-. The Morgan fingerprint density at radius 2 is 0.571 bits per heavy atom. The molecule has 0 amide bonds. The molecule has 3 N–H and O–H groups in total. The normalized spacial score (nSPS) is 14.3. The number of aliphatic hydroxyl groups excluding tert-OH is 1. The van der Waals surface area contributed by atoms with Crippen molar-refractivity contribution in [1.82, 2.24) is 0 Å². The number of hydrogen-bond acceptors (Lipinski definition) is 15. The van der Waals surface area contributed by atoms with Crippen molar-refractivity contribution in [2.24, 2.45) is 0 Å². The fourth-order valence-corrected chi connectivity index (χ4v) is 12.3. The number of hydrogen-bond donors (Lipinski definition) is 3. The first-order valence-electron chi connectivity index (χ1n) is 39.2. The van der Waals surface area contributed by atoms with Crippen LogP contribution in [0.5, 0.6) is 0 Å². The SMILES string of the molecule is CC/C=C\C/C=C\C/C=C\C/C=C\C/C=C\CC(=O)OCC(COP(=O)(O)OCC(O)COP(=O)(O)OCC(COC(=O)CCCCCCC/C=C\CCCCCCCC)OC(=O)CCCCCCCCCCCCCCC)OC(=O)CCCCCCCCCCCCCCCCC. The molecule has 19 heteroatoms. The lowest BCUT2D eigenvalue weighted by Crippen LogP contribution is -2.30. The second-order valence-electron chi connectivity index (χ2n) is 26.3. The Kier molecular flexibility index (Phi) is 69.3. The van der Waals surface area contributed by atoms with Gasteiger partial charge < -0.3 is 33.8 Å². The van der Waals surface area contributed by atoms with Crippen molar-refractivity contribution in [3.8, 4) is 0 Å². The lowest BCUT2D eigenvalue weighted by molar-refractivity contribution is -0.161. The van der Waals surface area contributed by atoms with Gasteiger partial charge in [-0.2, -0.15) is 0 Å². The van der Waals surface area contributed by atoms with Crippen LogP contribution in [0.3, 0.4) is 0 Å². The van der Waals surface area contributed by atoms with E-state index in [0.717, 1.165) is 116 Å². The molecule has 0 aliphatic rings. The van der Waals surface area contributed by atoms with E-state index in [1.807, 2.05) is 18.2 Å². The summed E-state index contributed by atoms with van der Waals surface area (Å²) in [4.78, 5) is 72.8. The number of carbonyl (C=O) groups excluding carboxylic acids is 4. The second-order valence-corrected chi connectivity index (χ2v) is 29.2. The maximum Gasteiger partial charge on any atom is 0.472 e. The van der Waals surface area contributed by atoms with E-state index in [-0.39, 0.29) is 25.7 Å². The maximum absolute atomic E-state index is 13.1. The van der Waals surface area contributed by atoms with Crippen molar-refractivity contribution >= 4 is 39.5 Å². The zero-order valence-corrected chi connectivity index (χ0v) is 64.0. The highest BCUT2D eigenvalue weighted by atomic mass is 31.2. The highest BCUT2D eigenvalue weighted by molar-refractivity contribution is 7.47. The molecule has 0 fully saturated rings. The van der Waals surface area contributed by atoms with Crippen LogP contribution in [0.2, 0.25) is 0 Å². The van der Waals surface area contributed by atoms with Gasteiger partial charge in [0.2, 0.25) is 0 Å². The lowest BCUT2D eigenvalue weighted by Gasteiger charge is -2.21. The van der Waals surface area contributed by atoms with Gasteiger partial charge in [-0.3, -0.25) is 37.3 Å². The third kappa shape index (κ3) is 70.9. The van der Waals surface area contributed by atoms with Crippen LogP contribution in [0, 0.1) is 0 Å². The van der Waals surface area contributed by atoms with Gasteiger partial charge in [-0.15, -0.1) is 0 Å². The van der Waals surface area contributed by atoms with E-state index in [1.54, 1.807) is 6.08 Å². The molecular weight excluding hydrogens is 1280 g/mol. The zero-order chi connectivity index (χ0) is 71.8. The van der Waals surface area contributed by atoms with Gasteiger partial charge in [0.1, 0.15) is 19.3 Å². The maximum atomic E-state index is 13.1. The molecule has 0 aromatic carbocycles. The van der Waals surface area contributed by atoms with E-state index in [1.165, 1.54) is 154 Å². The number of carbonyl (C=O) groups is 4. The predicted octanol–water partition coefficient (Wildman–Crippen LogP) is 22.4. The van der Waals surface area contributed by atoms with Crippen molar-refractivity contribution in [3.63, 3.8) is 0 Å². The average molecular weight is 1430 g/mol. The van der Waals surface area contributed by atoms with Gasteiger partial charge in [0, 0.05) is 19.3 Å². The van der Waals surface area contributed by atoms with E-state index < -0.39 is 97.5 Å². The minimum Gasteiger partial charge on any atom is -0.462 e. The smallest absolute Gasteiger partial charge is 0.462 e. The molecule has 98 heavy (non-hydrogen) atoms. The number of aliphatic hydroxyl groups is 1. The molecule has 0 saturated carbocycles. The molecule has 0 aromatic rings. The summed E-state index contributed by atoms with van der Waals surface area (Å²) in [5, 5.41) is 10.6. The molecule has 0 aromatic heterocycles. The molecule has 0 aliphatic heterocycles. The summed E-state index contributed by atoms with van der Waals surface area (Å²) >= 11 is 0. The Balaban J connectivity index is 5.38. The number of rotatable bonds is 74. The molecule has 0 rings (SSSR count). The van der Waals surface area contributed by atoms with Crippen LogP contribution in [0.25, 0.3) is 0 Å². The molecule has 5 unspecified atom stereocenters. The molecule has 0 aliphatic carbocycles. The highest BCUT2D eigenvalue weighted by Crippen LogP contribution is 2.45. The van der Waals surface area contributed by atoms with E-state index in [9.17, 15) is 43.2 Å². The first-order chi connectivity index (χ1) is 47.7.